The van der Waals surface area contributed by atoms with Crippen LogP contribution in [0.4, 0.5) is 0 Å². The highest BCUT2D eigenvalue weighted by atomic mass is 14.9. The molecule has 1 heterocycles. The minimum atomic E-state index is 0.716. The van der Waals surface area contributed by atoms with Gasteiger partial charge in [-0.3, -0.25) is 0 Å². The van der Waals surface area contributed by atoms with Gasteiger partial charge in [-0.25, -0.2) is 9.97 Å². The Labute approximate surface area is 292 Å². The van der Waals surface area contributed by atoms with Crippen molar-refractivity contribution in [3.63, 3.8) is 0 Å². The summed E-state index contributed by atoms with van der Waals surface area (Å²) in [6, 6.07) is 68.7. The van der Waals surface area contributed by atoms with Crippen LogP contribution in [-0.2, 0) is 0 Å². The normalized spacial score (nSPS) is 11.2. The quantitative estimate of drug-likeness (QED) is 0.170. The molecular formula is C48H32N2. The van der Waals surface area contributed by atoms with Crippen molar-refractivity contribution in [2.75, 3.05) is 0 Å². The SMILES string of the molecule is c1ccc(-c2cccc(-c3ccc(-c4nc(-c5ccc(-c6cccc(-c7ccccc7)c6)cc5)c5ccc6ccccc6c5n4)cc3)c2)cc1. The summed E-state index contributed by atoms with van der Waals surface area (Å²) in [5.41, 5.74) is 13.5. The summed E-state index contributed by atoms with van der Waals surface area (Å²) in [6.07, 6.45) is 0. The van der Waals surface area contributed by atoms with Crippen molar-refractivity contribution in [1.29, 1.82) is 0 Å². The van der Waals surface area contributed by atoms with Crippen molar-refractivity contribution in [2.24, 2.45) is 0 Å². The van der Waals surface area contributed by atoms with Crippen molar-refractivity contribution < 1.29 is 0 Å². The number of benzene rings is 8. The van der Waals surface area contributed by atoms with E-state index in [1.165, 1.54) is 38.9 Å². The van der Waals surface area contributed by atoms with Crippen LogP contribution >= 0.6 is 0 Å². The van der Waals surface area contributed by atoms with E-state index in [2.05, 4.69) is 194 Å². The summed E-state index contributed by atoms with van der Waals surface area (Å²) < 4.78 is 0. The standard InChI is InChI=1S/C48H32N2/c1-3-11-33(12-4-1)40-16-9-18-42(31-40)35-21-25-38(26-22-35)46-45-30-29-37-15-7-8-20-44(37)47(45)50-48(49-46)39-27-23-36(24-28-39)43-19-10-17-41(32-43)34-13-5-2-6-14-34/h1-32H. The second kappa shape index (κ2) is 12.8. The third-order valence-corrected chi connectivity index (χ3v) is 9.50. The first-order valence-corrected chi connectivity index (χ1v) is 17.0. The number of nitrogens with zero attached hydrogens (tertiary/aromatic N) is 2. The Morgan fingerprint density at radius 2 is 0.700 bits per heavy atom. The first-order chi connectivity index (χ1) is 24.8. The lowest BCUT2D eigenvalue weighted by molar-refractivity contribution is 1.23. The molecule has 0 spiro atoms. The van der Waals surface area contributed by atoms with Crippen LogP contribution < -0.4 is 0 Å². The Kier molecular flexibility index (Phi) is 7.53. The summed E-state index contributed by atoms with van der Waals surface area (Å²) in [7, 11) is 0. The van der Waals surface area contributed by atoms with E-state index < -0.39 is 0 Å². The van der Waals surface area contributed by atoms with E-state index in [-0.39, 0.29) is 0 Å². The molecule has 0 saturated carbocycles. The van der Waals surface area contributed by atoms with E-state index in [0.29, 0.717) is 5.82 Å². The van der Waals surface area contributed by atoms with Gasteiger partial charge in [-0.15, -0.1) is 0 Å². The van der Waals surface area contributed by atoms with E-state index in [4.69, 9.17) is 9.97 Å². The average Bonchev–Trinajstić information content (AvgIpc) is 3.21. The van der Waals surface area contributed by atoms with Crippen LogP contribution in [0.25, 0.3) is 88.8 Å². The molecule has 9 aromatic rings. The van der Waals surface area contributed by atoms with Crippen LogP contribution in [0, 0.1) is 0 Å². The Morgan fingerprint density at radius 1 is 0.260 bits per heavy atom. The van der Waals surface area contributed by atoms with Crippen molar-refractivity contribution in [1.82, 2.24) is 9.97 Å². The molecule has 2 nitrogen and oxygen atoms in total. The second-order valence-corrected chi connectivity index (χ2v) is 12.6. The van der Waals surface area contributed by atoms with Crippen molar-refractivity contribution in [2.45, 2.75) is 0 Å². The highest BCUT2D eigenvalue weighted by molar-refractivity contribution is 6.09. The Bertz CT molecular complexity index is 2610. The van der Waals surface area contributed by atoms with E-state index in [0.717, 1.165) is 44.1 Å². The first-order valence-electron chi connectivity index (χ1n) is 17.0. The molecule has 0 unspecified atom stereocenters. The van der Waals surface area contributed by atoms with E-state index in [9.17, 15) is 0 Å². The van der Waals surface area contributed by atoms with Gasteiger partial charge in [0.25, 0.3) is 0 Å². The van der Waals surface area contributed by atoms with Crippen LogP contribution in [0.15, 0.2) is 194 Å². The summed E-state index contributed by atoms with van der Waals surface area (Å²) in [5, 5.41) is 3.33. The Hall–Kier alpha value is -6.64. The molecule has 50 heavy (non-hydrogen) atoms. The van der Waals surface area contributed by atoms with Gasteiger partial charge in [0, 0.05) is 21.9 Å². The number of rotatable bonds is 6. The summed E-state index contributed by atoms with van der Waals surface area (Å²) >= 11 is 0. The van der Waals surface area contributed by atoms with Crippen LogP contribution in [0.1, 0.15) is 0 Å². The number of hydrogen-bond acceptors (Lipinski definition) is 2. The van der Waals surface area contributed by atoms with Gasteiger partial charge in [0.15, 0.2) is 5.82 Å². The fraction of sp³-hybridized carbons (Fsp3) is 0. The van der Waals surface area contributed by atoms with Crippen LogP contribution in [0.2, 0.25) is 0 Å². The van der Waals surface area contributed by atoms with Gasteiger partial charge in [-0.05, 0) is 68.1 Å². The predicted molar refractivity (Wildman–Crippen MR) is 210 cm³/mol. The van der Waals surface area contributed by atoms with Gasteiger partial charge in [0.2, 0.25) is 0 Å². The zero-order valence-electron chi connectivity index (χ0n) is 27.4. The van der Waals surface area contributed by atoms with Gasteiger partial charge in [-0.1, -0.05) is 176 Å². The molecule has 2 heteroatoms. The van der Waals surface area contributed by atoms with Gasteiger partial charge in [0.05, 0.1) is 11.2 Å². The Morgan fingerprint density at radius 3 is 1.26 bits per heavy atom. The van der Waals surface area contributed by atoms with E-state index >= 15 is 0 Å². The van der Waals surface area contributed by atoms with Crippen LogP contribution in [-0.4, -0.2) is 9.97 Å². The highest BCUT2D eigenvalue weighted by Gasteiger charge is 2.15. The first kappa shape index (κ1) is 29.5. The molecule has 0 aliphatic carbocycles. The number of fused-ring (bicyclic) bond motifs is 3. The molecule has 0 amide bonds. The maximum atomic E-state index is 5.25. The third-order valence-electron chi connectivity index (χ3n) is 9.50. The molecule has 0 fully saturated rings. The average molecular weight is 637 g/mol. The summed E-state index contributed by atoms with van der Waals surface area (Å²) in [4.78, 5) is 10.5. The molecule has 0 atom stereocenters. The van der Waals surface area contributed by atoms with Crippen molar-refractivity contribution in [3.8, 4) is 67.2 Å². The Balaban J connectivity index is 1.11. The minimum absolute atomic E-state index is 0.716. The fourth-order valence-electron chi connectivity index (χ4n) is 6.86. The van der Waals surface area contributed by atoms with Crippen LogP contribution in [0.5, 0.6) is 0 Å². The molecule has 8 aromatic carbocycles. The van der Waals surface area contributed by atoms with E-state index in [1.807, 2.05) is 0 Å². The molecule has 0 aliphatic heterocycles. The van der Waals surface area contributed by atoms with Crippen molar-refractivity contribution >= 4 is 21.7 Å². The van der Waals surface area contributed by atoms with Gasteiger partial charge in [-0.2, -0.15) is 0 Å². The molecule has 0 N–H and O–H groups in total. The molecule has 0 radical (unpaired) electrons. The lowest BCUT2D eigenvalue weighted by Gasteiger charge is -2.13. The molecule has 9 rings (SSSR count). The molecule has 0 saturated heterocycles. The largest absolute Gasteiger partial charge is 0.227 e. The van der Waals surface area contributed by atoms with E-state index in [1.54, 1.807) is 0 Å². The fourth-order valence-corrected chi connectivity index (χ4v) is 6.86. The van der Waals surface area contributed by atoms with Crippen LogP contribution in [0.3, 0.4) is 0 Å². The number of aromatic nitrogens is 2. The predicted octanol–water partition coefficient (Wildman–Crippen LogP) is 12.8. The van der Waals surface area contributed by atoms with Crippen molar-refractivity contribution in [3.05, 3.63) is 194 Å². The zero-order valence-corrected chi connectivity index (χ0v) is 27.4. The van der Waals surface area contributed by atoms with Gasteiger partial charge < -0.3 is 0 Å². The monoisotopic (exact) mass is 636 g/mol. The summed E-state index contributed by atoms with van der Waals surface area (Å²) in [6.45, 7) is 0. The summed E-state index contributed by atoms with van der Waals surface area (Å²) in [5.74, 6) is 0.716. The second-order valence-electron chi connectivity index (χ2n) is 12.6. The molecular weight excluding hydrogens is 605 g/mol. The molecule has 0 aliphatic rings. The lowest BCUT2D eigenvalue weighted by atomic mass is 9.96. The molecule has 1 aromatic heterocycles. The smallest absolute Gasteiger partial charge is 0.160 e. The maximum absolute atomic E-state index is 5.25. The van der Waals surface area contributed by atoms with Gasteiger partial charge >= 0.3 is 0 Å². The molecule has 0 bridgehead atoms. The third kappa shape index (κ3) is 5.63. The number of hydrogen-bond donors (Lipinski definition) is 0. The minimum Gasteiger partial charge on any atom is -0.227 e. The van der Waals surface area contributed by atoms with Gasteiger partial charge in [0.1, 0.15) is 0 Å². The zero-order chi connectivity index (χ0) is 33.3. The highest BCUT2D eigenvalue weighted by Crippen LogP contribution is 2.35. The lowest BCUT2D eigenvalue weighted by Crippen LogP contribution is -1.96. The topological polar surface area (TPSA) is 25.8 Å². The maximum Gasteiger partial charge on any atom is 0.160 e. The molecule has 234 valence electrons.